The highest BCUT2D eigenvalue weighted by atomic mass is 35.5. The van der Waals surface area contributed by atoms with E-state index in [2.05, 4.69) is 40.1 Å². The lowest BCUT2D eigenvalue weighted by molar-refractivity contribution is -0.154. The van der Waals surface area contributed by atoms with Crippen molar-refractivity contribution < 1.29 is 28.9 Å². The Hall–Kier alpha value is -3.07. The number of aryl methyl sites for hydroxylation is 2. The Labute approximate surface area is 267 Å². The first-order valence-corrected chi connectivity index (χ1v) is 15.7. The van der Waals surface area contributed by atoms with Crippen LogP contribution in [0.2, 0.25) is 0 Å². The Bertz CT molecular complexity index is 1330. The number of rotatable bonds is 8. The van der Waals surface area contributed by atoms with E-state index in [0.717, 1.165) is 63.5 Å². The summed E-state index contributed by atoms with van der Waals surface area (Å²) in [6.45, 7) is 7.11. The fourth-order valence-electron chi connectivity index (χ4n) is 6.96. The third-order valence-corrected chi connectivity index (χ3v) is 9.41. The summed E-state index contributed by atoms with van der Waals surface area (Å²) in [5.74, 6) is 2.46. The molecule has 0 radical (unpaired) electrons. The molecule has 0 saturated carbocycles. The van der Waals surface area contributed by atoms with Gasteiger partial charge >= 0.3 is 5.97 Å². The number of piperidine rings is 1. The monoisotopic (exact) mass is 626 g/mol. The van der Waals surface area contributed by atoms with Crippen molar-refractivity contribution in [3.05, 3.63) is 70.5 Å². The molecule has 0 amide bonds. The Morgan fingerprint density at radius 2 is 1.43 bits per heavy atom. The van der Waals surface area contributed by atoms with Crippen LogP contribution in [-0.4, -0.2) is 86.8 Å². The van der Waals surface area contributed by atoms with Crippen LogP contribution < -0.4 is 9.47 Å². The minimum absolute atomic E-state index is 0. The molecule has 2 aliphatic heterocycles. The first-order chi connectivity index (χ1) is 20.9. The maximum Gasteiger partial charge on any atom is 0.317 e. The molecule has 2 aliphatic carbocycles. The van der Waals surface area contributed by atoms with Crippen LogP contribution in [0.15, 0.2) is 48.2 Å². The molecule has 3 atom stereocenters. The Kier molecular flexibility index (Phi) is 12.1. The van der Waals surface area contributed by atoms with Crippen LogP contribution in [0.1, 0.15) is 66.7 Å². The van der Waals surface area contributed by atoms with Crippen LogP contribution in [0.4, 0.5) is 0 Å². The van der Waals surface area contributed by atoms with E-state index in [9.17, 15) is 14.7 Å². The third kappa shape index (κ3) is 8.14. The normalized spacial score (nSPS) is 22.9. The number of hydrogen-bond donors (Lipinski definition) is 1. The van der Waals surface area contributed by atoms with E-state index >= 15 is 0 Å². The van der Waals surface area contributed by atoms with Gasteiger partial charge in [-0.25, -0.2) is 0 Å². The number of nitrogens with zero attached hydrogens (tertiary/aromatic N) is 2. The molecule has 1 fully saturated rings. The number of carbonyl (C=O) groups is 2. The van der Waals surface area contributed by atoms with Crippen molar-refractivity contribution in [2.45, 2.75) is 57.3 Å². The second kappa shape index (κ2) is 15.8. The minimum Gasteiger partial charge on any atom is -0.513 e. The third-order valence-electron chi connectivity index (χ3n) is 9.41. The molecule has 1 N–H and O–H groups in total. The highest BCUT2D eigenvalue weighted by molar-refractivity contribution is 5.99. The van der Waals surface area contributed by atoms with E-state index in [1.54, 1.807) is 21.1 Å². The summed E-state index contributed by atoms with van der Waals surface area (Å²) >= 11 is 0. The Morgan fingerprint density at radius 3 is 1.95 bits per heavy atom. The van der Waals surface area contributed by atoms with Crippen molar-refractivity contribution in [1.29, 1.82) is 0 Å². The molecule has 1 saturated heterocycles. The highest BCUT2D eigenvalue weighted by Gasteiger charge is 2.35. The molecular weight excluding hydrogens is 580 g/mol. The van der Waals surface area contributed by atoms with Gasteiger partial charge in [-0.15, -0.1) is 12.4 Å². The molecule has 2 heterocycles. The standard InChI is InChI=1S/C19H25NO4.C16H21NO2.ClH/c1-3-24-19(22)17-12-20(9-8-18(17)21)11-14-5-4-13-6-7-15(23-2)10-16(13)14;1-19-15-5-4-12-2-3-13(16(12)10-15)11-17-8-6-14(18)7-9-17;/h6-7,10,14,17H,3-5,8-9,11-12H2,1-2H3;4-6,10,13,18H,2-3,7-9,11H2,1H3;1H. The first-order valence-electron chi connectivity index (χ1n) is 15.7. The van der Waals surface area contributed by atoms with Crippen molar-refractivity contribution in [2.75, 3.05) is 60.1 Å². The Morgan fingerprint density at radius 1 is 0.864 bits per heavy atom. The average Bonchev–Trinajstić information content (AvgIpc) is 3.62. The fourth-order valence-corrected chi connectivity index (χ4v) is 6.96. The summed E-state index contributed by atoms with van der Waals surface area (Å²) in [5.41, 5.74) is 5.66. The second-order valence-electron chi connectivity index (χ2n) is 12.1. The quantitative estimate of drug-likeness (QED) is 0.305. The molecule has 0 aromatic heterocycles. The van der Waals surface area contributed by atoms with Gasteiger partial charge < -0.3 is 24.2 Å². The zero-order valence-corrected chi connectivity index (χ0v) is 27.1. The lowest BCUT2D eigenvalue weighted by Gasteiger charge is -2.32. The van der Waals surface area contributed by atoms with Gasteiger partial charge in [-0.2, -0.15) is 0 Å². The lowest BCUT2D eigenvalue weighted by Crippen LogP contribution is -2.46. The number of carbonyl (C=O) groups excluding carboxylic acids is 2. The van der Waals surface area contributed by atoms with E-state index in [1.165, 1.54) is 35.1 Å². The van der Waals surface area contributed by atoms with Gasteiger partial charge in [-0.05, 0) is 97.0 Å². The highest BCUT2D eigenvalue weighted by Crippen LogP contribution is 2.37. The van der Waals surface area contributed by atoms with Gasteiger partial charge in [0.15, 0.2) is 0 Å². The van der Waals surface area contributed by atoms with Crippen molar-refractivity contribution in [3.63, 3.8) is 0 Å². The predicted molar refractivity (Wildman–Crippen MR) is 173 cm³/mol. The summed E-state index contributed by atoms with van der Waals surface area (Å²) in [5, 5.41) is 9.43. The summed E-state index contributed by atoms with van der Waals surface area (Å²) in [7, 11) is 3.41. The van der Waals surface area contributed by atoms with Gasteiger partial charge in [0.1, 0.15) is 23.2 Å². The van der Waals surface area contributed by atoms with Gasteiger partial charge in [-0.1, -0.05) is 12.1 Å². The van der Waals surface area contributed by atoms with Gasteiger partial charge in [0.2, 0.25) is 0 Å². The first kappa shape index (κ1) is 33.8. The van der Waals surface area contributed by atoms with Crippen LogP contribution in [0, 0.1) is 5.92 Å². The van der Waals surface area contributed by atoms with Crippen LogP contribution in [0.25, 0.3) is 0 Å². The number of benzene rings is 2. The molecule has 44 heavy (non-hydrogen) atoms. The lowest BCUT2D eigenvalue weighted by atomic mass is 9.94. The van der Waals surface area contributed by atoms with Crippen molar-refractivity contribution in [1.82, 2.24) is 9.80 Å². The fraction of sp³-hybridized carbons (Fsp3) is 0.543. The number of aliphatic hydroxyl groups excluding tert-OH is 1. The summed E-state index contributed by atoms with van der Waals surface area (Å²) < 4.78 is 15.7. The van der Waals surface area contributed by atoms with Crippen molar-refractivity contribution in [2.24, 2.45) is 5.92 Å². The maximum absolute atomic E-state index is 12.0. The van der Waals surface area contributed by atoms with Crippen LogP contribution in [0.5, 0.6) is 11.5 Å². The number of hydrogen-bond acceptors (Lipinski definition) is 8. The number of methoxy groups -OCH3 is 2. The van der Waals surface area contributed by atoms with E-state index < -0.39 is 5.92 Å². The molecule has 8 nitrogen and oxygen atoms in total. The van der Waals surface area contributed by atoms with E-state index in [4.69, 9.17) is 14.2 Å². The van der Waals surface area contributed by atoms with Crippen LogP contribution in [0.3, 0.4) is 0 Å². The zero-order chi connectivity index (χ0) is 30.3. The number of Topliss-reactive ketones (excluding diaryl/α,β-unsaturated/α-hetero) is 1. The summed E-state index contributed by atoms with van der Waals surface area (Å²) in [6.07, 6.45) is 7.76. The number of ketones is 1. The number of aliphatic hydroxyl groups is 1. The molecule has 9 heteroatoms. The molecule has 2 aromatic rings. The molecule has 2 aromatic carbocycles. The maximum atomic E-state index is 12.0. The van der Waals surface area contributed by atoms with Crippen LogP contribution >= 0.6 is 12.4 Å². The number of likely N-dealkylation sites (tertiary alicyclic amines) is 1. The smallest absolute Gasteiger partial charge is 0.317 e. The van der Waals surface area contributed by atoms with Crippen LogP contribution in [-0.2, 0) is 27.2 Å². The topological polar surface area (TPSA) is 88.5 Å². The molecule has 0 bridgehead atoms. The zero-order valence-electron chi connectivity index (χ0n) is 26.3. The van der Waals surface area contributed by atoms with Gasteiger partial charge in [0, 0.05) is 52.1 Å². The average molecular weight is 627 g/mol. The molecule has 6 rings (SSSR count). The minimum atomic E-state index is -0.620. The molecular formula is C35H47ClN2O6. The van der Waals surface area contributed by atoms with Gasteiger partial charge in [0.05, 0.1) is 26.6 Å². The summed E-state index contributed by atoms with van der Waals surface area (Å²) in [6, 6.07) is 12.8. The number of ether oxygens (including phenoxy) is 3. The molecule has 240 valence electrons. The number of halogens is 1. The number of fused-ring (bicyclic) bond motifs is 2. The molecule has 4 aliphatic rings. The molecule has 0 spiro atoms. The largest absolute Gasteiger partial charge is 0.513 e. The molecule has 3 unspecified atom stereocenters. The van der Waals surface area contributed by atoms with E-state index in [1.807, 2.05) is 12.1 Å². The van der Waals surface area contributed by atoms with Crippen molar-refractivity contribution >= 4 is 24.2 Å². The van der Waals surface area contributed by atoms with Gasteiger partial charge in [0.25, 0.3) is 0 Å². The van der Waals surface area contributed by atoms with Crippen molar-refractivity contribution in [3.8, 4) is 11.5 Å². The second-order valence-corrected chi connectivity index (χ2v) is 12.1. The van der Waals surface area contributed by atoms with Gasteiger partial charge in [-0.3, -0.25) is 14.5 Å². The SMILES string of the molecule is CCOC(=O)C1CN(CC2CCc3ccc(OC)cc32)CCC1=O.COc1ccc2c(c1)C(CN1CC=C(O)CC1)CC2.Cl. The number of esters is 1. The van der Waals surface area contributed by atoms with E-state index in [-0.39, 0.29) is 24.2 Å². The van der Waals surface area contributed by atoms with E-state index in [0.29, 0.717) is 37.2 Å². The Balaban J connectivity index is 0.000000201. The predicted octanol–water partition coefficient (Wildman–Crippen LogP) is 5.47. The summed E-state index contributed by atoms with van der Waals surface area (Å²) in [4.78, 5) is 28.7.